The number of hydrogen-bond donors (Lipinski definition) is 1. The first kappa shape index (κ1) is 13.4. The molecule has 1 saturated heterocycles. The molecule has 0 aliphatic carbocycles. The Labute approximate surface area is 111 Å². The van der Waals surface area contributed by atoms with Crippen LogP contribution in [0.1, 0.15) is 51.0 Å². The third-order valence-electron chi connectivity index (χ3n) is 3.69. The molecule has 1 aliphatic rings. The highest BCUT2D eigenvalue weighted by atomic mass is 16.5. The van der Waals surface area contributed by atoms with Gasteiger partial charge < -0.3 is 10.1 Å². The minimum Gasteiger partial charge on any atom is -0.494 e. The van der Waals surface area contributed by atoms with Gasteiger partial charge in [0, 0.05) is 6.04 Å². The predicted octanol–water partition coefficient (Wildman–Crippen LogP) is 3.72. The first-order chi connectivity index (χ1) is 8.75. The van der Waals surface area contributed by atoms with Crippen molar-refractivity contribution in [2.24, 2.45) is 0 Å². The zero-order valence-corrected chi connectivity index (χ0v) is 11.6. The summed E-state index contributed by atoms with van der Waals surface area (Å²) in [4.78, 5) is 0. The lowest BCUT2D eigenvalue weighted by molar-refractivity contribution is 0.268. The molecule has 1 fully saturated rings. The summed E-state index contributed by atoms with van der Waals surface area (Å²) in [5.74, 6) is 1.58. The van der Waals surface area contributed by atoms with E-state index >= 15 is 0 Å². The number of hydrogen-bond acceptors (Lipinski definition) is 2. The van der Waals surface area contributed by atoms with Crippen LogP contribution in [0.4, 0.5) is 0 Å². The highest BCUT2D eigenvalue weighted by Crippen LogP contribution is 2.19. The van der Waals surface area contributed by atoms with Crippen LogP contribution in [0.5, 0.6) is 5.75 Å². The Hall–Kier alpha value is -1.02. The van der Waals surface area contributed by atoms with E-state index < -0.39 is 0 Å². The predicted molar refractivity (Wildman–Crippen MR) is 76.3 cm³/mol. The quantitative estimate of drug-likeness (QED) is 0.856. The Kier molecular flexibility index (Phi) is 5.06. The van der Waals surface area contributed by atoms with Gasteiger partial charge in [0.15, 0.2) is 0 Å². The first-order valence-corrected chi connectivity index (χ1v) is 7.22. The maximum Gasteiger partial charge on any atom is 0.119 e. The summed E-state index contributed by atoms with van der Waals surface area (Å²) in [6.07, 6.45) is 5.11. The van der Waals surface area contributed by atoms with E-state index in [0.717, 1.165) is 18.8 Å². The Morgan fingerprint density at radius 3 is 2.61 bits per heavy atom. The van der Waals surface area contributed by atoms with Crippen LogP contribution in [0.3, 0.4) is 0 Å². The van der Waals surface area contributed by atoms with Crippen molar-refractivity contribution in [2.45, 2.75) is 51.5 Å². The molecule has 2 heteroatoms. The minimum atomic E-state index is 0.588. The lowest BCUT2D eigenvalue weighted by Gasteiger charge is -2.23. The van der Waals surface area contributed by atoms with E-state index in [1.54, 1.807) is 0 Å². The van der Waals surface area contributed by atoms with Gasteiger partial charge in [-0.3, -0.25) is 0 Å². The molecule has 1 aromatic rings. The fourth-order valence-electron chi connectivity index (χ4n) is 2.44. The number of benzene rings is 1. The third-order valence-corrected chi connectivity index (χ3v) is 3.69. The van der Waals surface area contributed by atoms with Crippen molar-refractivity contribution in [3.05, 3.63) is 29.8 Å². The van der Waals surface area contributed by atoms with Gasteiger partial charge in [-0.15, -0.1) is 0 Å². The Morgan fingerprint density at radius 1 is 1.22 bits per heavy atom. The van der Waals surface area contributed by atoms with Crippen LogP contribution in [0.15, 0.2) is 24.3 Å². The molecular formula is C16H25NO. The minimum absolute atomic E-state index is 0.588. The van der Waals surface area contributed by atoms with Crippen molar-refractivity contribution >= 4 is 0 Å². The second kappa shape index (κ2) is 6.79. The summed E-state index contributed by atoms with van der Waals surface area (Å²) in [7, 11) is 0. The van der Waals surface area contributed by atoms with Gasteiger partial charge in [-0.05, 0) is 49.4 Å². The third kappa shape index (κ3) is 4.02. The van der Waals surface area contributed by atoms with Crippen LogP contribution in [-0.2, 0) is 0 Å². The standard InChI is InChI=1S/C16H25NO/c1-13(2)14-6-8-16(9-7-14)18-12-10-15-5-3-4-11-17-15/h6-9,13,15,17H,3-5,10-12H2,1-2H3. The lowest BCUT2D eigenvalue weighted by atomic mass is 10.0. The largest absolute Gasteiger partial charge is 0.494 e. The topological polar surface area (TPSA) is 21.3 Å². The van der Waals surface area contributed by atoms with Crippen molar-refractivity contribution in [2.75, 3.05) is 13.2 Å². The molecule has 1 heterocycles. The molecule has 0 saturated carbocycles. The highest BCUT2D eigenvalue weighted by Gasteiger charge is 2.11. The molecule has 2 rings (SSSR count). The molecule has 0 aromatic heterocycles. The van der Waals surface area contributed by atoms with Gasteiger partial charge in [0.2, 0.25) is 0 Å². The van der Waals surface area contributed by atoms with Crippen LogP contribution < -0.4 is 10.1 Å². The summed E-state index contributed by atoms with van der Waals surface area (Å²) in [6.45, 7) is 6.42. The van der Waals surface area contributed by atoms with Crippen molar-refractivity contribution in [3.8, 4) is 5.75 Å². The molecule has 100 valence electrons. The maximum atomic E-state index is 5.80. The SMILES string of the molecule is CC(C)c1ccc(OCCC2CCCCN2)cc1. The van der Waals surface area contributed by atoms with Crippen LogP contribution >= 0.6 is 0 Å². The van der Waals surface area contributed by atoms with E-state index in [1.807, 2.05) is 0 Å². The van der Waals surface area contributed by atoms with Crippen LogP contribution in [0, 0.1) is 0 Å². The molecule has 1 aromatic carbocycles. The van der Waals surface area contributed by atoms with Crippen molar-refractivity contribution in [1.29, 1.82) is 0 Å². The van der Waals surface area contributed by atoms with Crippen LogP contribution in [0.25, 0.3) is 0 Å². The normalized spacial score (nSPS) is 20.1. The molecular weight excluding hydrogens is 222 g/mol. The molecule has 1 aliphatic heterocycles. The fourth-order valence-corrected chi connectivity index (χ4v) is 2.44. The van der Waals surface area contributed by atoms with E-state index in [2.05, 4.69) is 43.4 Å². The summed E-state index contributed by atoms with van der Waals surface area (Å²) < 4.78 is 5.80. The van der Waals surface area contributed by atoms with Crippen molar-refractivity contribution in [1.82, 2.24) is 5.32 Å². The molecule has 2 nitrogen and oxygen atoms in total. The molecule has 1 unspecified atom stereocenters. The molecule has 0 bridgehead atoms. The van der Waals surface area contributed by atoms with E-state index in [-0.39, 0.29) is 0 Å². The average molecular weight is 247 g/mol. The summed E-state index contributed by atoms with van der Waals surface area (Å²) in [6, 6.07) is 9.17. The summed E-state index contributed by atoms with van der Waals surface area (Å²) >= 11 is 0. The van der Waals surface area contributed by atoms with Crippen molar-refractivity contribution in [3.63, 3.8) is 0 Å². The number of piperidine rings is 1. The fraction of sp³-hybridized carbons (Fsp3) is 0.625. The zero-order chi connectivity index (χ0) is 12.8. The second-order valence-electron chi connectivity index (χ2n) is 5.51. The highest BCUT2D eigenvalue weighted by molar-refractivity contribution is 5.28. The Balaban J connectivity index is 1.72. The first-order valence-electron chi connectivity index (χ1n) is 7.22. The number of ether oxygens (including phenoxy) is 1. The Morgan fingerprint density at radius 2 is 2.00 bits per heavy atom. The van der Waals surface area contributed by atoms with E-state index in [4.69, 9.17) is 4.74 Å². The molecule has 0 amide bonds. The zero-order valence-electron chi connectivity index (χ0n) is 11.6. The van der Waals surface area contributed by atoms with E-state index in [1.165, 1.54) is 31.4 Å². The van der Waals surface area contributed by atoms with Gasteiger partial charge in [0.1, 0.15) is 5.75 Å². The van der Waals surface area contributed by atoms with Gasteiger partial charge in [0.25, 0.3) is 0 Å². The van der Waals surface area contributed by atoms with E-state index in [0.29, 0.717) is 12.0 Å². The lowest BCUT2D eigenvalue weighted by Crippen LogP contribution is -2.35. The van der Waals surface area contributed by atoms with Gasteiger partial charge >= 0.3 is 0 Å². The van der Waals surface area contributed by atoms with Gasteiger partial charge in [-0.25, -0.2) is 0 Å². The molecule has 0 radical (unpaired) electrons. The molecule has 0 spiro atoms. The smallest absolute Gasteiger partial charge is 0.119 e. The summed E-state index contributed by atoms with van der Waals surface area (Å²) in [5.41, 5.74) is 1.37. The number of rotatable bonds is 5. The second-order valence-corrected chi connectivity index (χ2v) is 5.51. The molecule has 1 atom stereocenters. The van der Waals surface area contributed by atoms with Gasteiger partial charge in [-0.2, -0.15) is 0 Å². The molecule has 1 N–H and O–H groups in total. The maximum absolute atomic E-state index is 5.80. The number of nitrogens with one attached hydrogen (secondary N) is 1. The monoisotopic (exact) mass is 247 g/mol. The van der Waals surface area contributed by atoms with Gasteiger partial charge in [-0.1, -0.05) is 32.4 Å². The van der Waals surface area contributed by atoms with E-state index in [9.17, 15) is 0 Å². The summed E-state index contributed by atoms with van der Waals surface area (Å²) in [5, 5.41) is 3.55. The van der Waals surface area contributed by atoms with Crippen LogP contribution in [-0.4, -0.2) is 19.2 Å². The average Bonchev–Trinajstić information content (AvgIpc) is 2.40. The van der Waals surface area contributed by atoms with Crippen LogP contribution in [0.2, 0.25) is 0 Å². The molecule has 18 heavy (non-hydrogen) atoms. The Bertz CT molecular complexity index is 339. The van der Waals surface area contributed by atoms with Crippen molar-refractivity contribution < 1.29 is 4.74 Å². The van der Waals surface area contributed by atoms with Gasteiger partial charge in [0.05, 0.1) is 6.61 Å².